The summed E-state index contributed by atoms with van der Waals surface area (Å²) in [4.78, 5) is 0. The predicted octanol–water partition coefficient (Wildman–Crippen LogP) is 1.66. The predicted molar refractivity (Wildman–Crippen MR) is 79.1 cm³/mol. The van der Waals surface area contributed by atoms with E-state index in [1.54, 1.807) is 6.26 Å². The molecule has 2 rings (SSSR count). The molecule has 2 N–H and O–H groups in total. The Labute approximate surface area is 121 Å². The van der Waals surface area contributed by atoms with Gasteiger partial charge in [0.2, 0.25) is 10.0 Å². The molecule has 1 aromatic heterocycles. The molecule has 6 heteroatoms. The Morgan fingerprint density at radius 3 is 3.00 bits per heavy atom. The van der Waals surface area contributed by atoms with Crippen LogP contribution in [-0.4, -0.2) is 32.8 Å². The van der Waals surface area contributed by atoms with E-state index in [1.165, 1.54) is 12.8 Å². The van der Waals surface area contributed by atoms with Gasteiger partial charge in [-0.05, 0) is 44.9 Å². The van der Waals surface area contributed by atoms with Gasteiger partial charge in [0.25, 0.3) is 0 Å². The second kappa shape index (κ2) is 7.24. The van der Waals surface area contributed by atoms with E-state index in [1.807, 2.05) is 19.1 Å². The standard InChI is InChI=1S/C14H24N2O3S/c1-12(11-14-6-4-9-19-14)16-20(17,18)10-7-13-5-2-3-8-15-13/h4,6,9,12-13,15-16H,2-3,5,7-8,10-11H2,1H3. The fourth-order valence-electron chi connectivity index (χ4n) is 2.61. The molecule has 1 fully saturated rings. The average molecular weight is 300 g/mol. The van der Waals surface area contributed by atoms with Crippen molar-refractivity contribution in [2.24, 2.45) is 0 Å². The molecular weight excluding hydrogens is 276 g/mol. The summed E-state index contributed by atoms with van der Waals surface area (Å²) in [7, 11) is -3.22. The first kappa shape index (κ1) is 15.5. The van der Waals surface area contributed by atoms with Gasteiger partial charge >= 0.3 is 0 Å². The van der Waals surface area contributed by atoms with E-state index in [0.717, 1.165) is 18.7 Å². The molecule has 20 heavy (non-hydrogen) atoms. The topological polar surface area (TPSA) is 71.3 Å². The van der Waals surface area contributed by atoms with Gasteiger partial charge in [0.05, 0.1) is 12.0 Å². The van der Waals surface area contributed by atoms with Crippen molar-refractivity contribution in [2.45, 2.75) is 51.1 Å². The van der Waals surface area contributed by atoms with Crippen LogP contribution in [0.3, 0.4) is 0 Å². The van der Waals surface area contributed by atoms with Crippen LogP contribution in [0.2, 0.25) is 0 Å². The lowest BCUT2D eigenvalue weighted by atomic mass is 10.0. The molecule has 0 aromatic carbocycles. The van der Waals surface area contributed by atoms with Crippen molar-refractivity contribution in [3.05, 3.63) is 24.2 Å². The van der Waals surface area contributed by atoms with Crippen molar-refractivity contribution in [3.63, 3.8) is 0 Å². The van der Waals surface area contributed by atoms with Crippen LogP contribution >= 0.6 is 0 Å². The number of piperidine rings is 1. The summed E-state index contributed by atoms with van der Waals surface area (Å²) in [5, 5.41) is 3.37. The summed E-state index contributed by atoms with van der Waals surface area (Å²) in [6.07, 6.45) is 6.33. The molecule has 0 aliphatic carbocycles. The second-order valence-electron chi connectivity index (χ2n) is 5.56. The van der Waals surface area contributed by atoms with Gasteiger partial charge < -0.3 is 9.73 Å². The minimum absolute atomic E-state index is 0.148. The minimum Gasteiger partial charge on any atom is -0.469 e. The lowest BCUT2D eigenvalue weighted by molar-refractivity contribution is 0.392. The second-order valence-corrected chi connectivity index (χ2v) is 7.43. The van der Waals surface area contributed by atoms with E-state index in [2.05, 4.69) is 10.0 Å². The first-order valence-electron chi connectivity index (χ1n) is 7.31. The highest BCUT2D eigenvalue weighted by molar-refractivity contribution is 7.89. The normalized spacial score (nSPS) is 21.8. The molecule has 5 nitrogen and oxygen atoms in total. The number of sulfonamides is 1. The SMILES string of the molecule is CC(Cc1ccco1)NS(=O)(=O)CCC1CCCCN1. The van der Waals surface area contributed by atoms with Crippen LogP contribution in [0.4, 0.5) is 0 Å². The number of nitrogens with one attached hydrogen (secondary N) is 2. The Balaban J connectivity index is 1.74. The number of rotatable bonds is 7. The zero-order valence-corrected chi connectivity index (χ0v) is 12.8. The Kier molecular flexibility index (Phi) is 5.63. The van der Waals surface area contributed by atoms with Gasteiger partial charge in [-0.3, -0.25) is 0 Å². The van der Waals surface area contributed by atoms with Crippen molar-refractivity contribution in [1.82, 2.24) is 10.0 Å². The molecule has 114 valence electrons. The van der Waals surface area contributed by atoms with E-state index in [4.69, 9.17) is 4.42 Å². The van der Waals surface area contributed by atoms with Crippen LogP contribution in [0.15, 0.2) is 22.8 Å². The zero-order valence-electron chi connectivity index (χ0n) is 12.0. The lowest BCUT2D eigenvalue weighted by Crippen LogP contribution is -2.39. The maximum absolute atomic E-state index is 12.0. The van der Waals surface area contributed by atoms with Crippen molar-refractivity contribution in [3.8, 4) is 0 Å². The average Bonchev–Trinajstić information content (AvgIpc) is 2.90. The van der Waals surface area contributed by atoms with Gasteiger partial charge in [0.15, 0.2) is 0 Å². The van der Waals surface area contributed by atoms with Crippen molar-refractivity contribution in [1.29, 1.82) is 0 Å². The van der Waals surface area contributed by atoms with Gasteiger partial charge in [-0.1, -0.05) is 6.42 Å². The smallest absolute Gasteiger partial charge is 0.211 e. The molecule has 2 atom stereocenters. The van der Waals surface area contributed by atoms with Crippen molar-refractivity contribution in [2.75, 3.05) is 12.3 Å². The van der Waals surface area contributed by atoms with E-state index < -0.39 is 10.0 Å². The summed E-state index contributed by atoms with van der Waals surface area (Å²) >= 11 is 0. The molecule has 1 aliphatic heterocycles. The molecule has 1 saturated heterocycles. The number of hydrogen-bond acceptors (Lipinski definition) is 4. The number of hydrogen-bond donors (Lipinski definition) is 2. The Hall–Kier alpha value is -0.850. The van der Waals surface area contributed by atoms with E-state index in [-0.39, 0.29) is 11.8 Å². The zero-order chi connectivity index (χ0) is 14.4. The van der Waals surface area contributed by atoms with Gasteiger partial charge in [0, 0.05) is 18.5 Å². The van der Waals surface area contributed by atoms with Crippen LogP contribution in [0.5, 0.6) is 0 Å². The van der Waals surface area contributed by atoms with Crippen LogP contribution in [0, 0.1) is 0 Å². The van der Waals surface area contributed by atoms with Crippen molar-refractivity contribution < 1.29 is 12.8 Å². The minimum atomic E-state index is -3.22. The maximum atomic E-state index is 12.0. The highest BCUT2D eigenvalue weighted by Gasteiger charge is 2.19. The molecule has 2 heterocycles. The maximum Gasteiger partial charge on any atom is 0.211 e. The third kappa shape index (κ3) is 5.26. The van der Waals surface area contributed by atoms with Gasteiger partial charge in [-0.2, -0.15) is 0 Å². The number of furan rings is 1. The highest BCUT2D eigenvalue weighted by Crippen LogP contribution is 2.11. The molecule has 2 unspecified atom stereocenters. The van der Waals surface area contributed by atoms with Gasteiger partial charge in [-0.15, -0.1) is 0 Å². The highest BCUT2D eigenvalue weighted by atomic mass is 32.2. The Morgan fingerprint density at radius 1 is 1.50 bits per heavy atom. The summed E-state index contributed by atoms with van der Waals surface area (Å²) in [5.41, 5.74) is 0. The largest absolute Gasteiger partial charge is 0.469 e. The summed E-state index contributed by atoms with van der Waals surface area (Å²) in [5.74, 6) is 0.988. The molecule has 0 amide bonds. The first-order valence-corrected chi connectivity index (χ1v) is 8.96. The van der Waals surface area contributed by atoms with E-state index in [0.29, 0.717) is 18.9 Å². The molecule has 0 spiro atoms. The molecule has 1 aromatic rings. The monoisotopic (exact) mass is 300 g/mol. The van der Waals surface area contributed by atoms with E-state index >= 15 is 0 Å². The summed E-state index contributed by atoms with van der Waals surface area (Å²) < 4.78 is 32.0. The molecule has 0 bridgehead atoms. The van der Waals surface area contributed by atoms with Gasteiger partial charge in [-0.25, -0.2) is 13.1 Å². The van der Waals surface area contributed by atoms with Crippen LogP contribution in [0.1, 0.15) is 38.4 Å². The quantitative estimate of drug-likeness (QED) is 0.803. The van der Waals surface area contributed by atoms with E-state index in [9.17, 15) is 8.42 Å². The molecule has 1 aliphatic rings. The Morgan fingerprint density at radius 2 is 2.35 bits per heavy atom. The molecular formula is C14H24N2O3S. The van der Waals surface area contributed by atoms with Crippen LogP contribution in [-0.2, 0) is 16.4 Å². The van der Waals surface area contributed by atoms with Gasteiger partial charge in [0.1, 0.15) is 5.76 Å². The molecule has 0 saturated carbocycles. The van der Waals surface area contributed by atoms with Crippen LogP contribution in [0.25, 0.3) is 0 Å². The fraction of sp³-hybridized carbons (Fsp3) is 0.714. The van der Waals surface area contributed by atoms with Crippen molar-refractivity contribution >= 4 is 10.0 Å². The summed E-state index contributed by atoms with van der Waals surface area (Å²) in [6, 6.07) is 3.87. The first-order chi connectivity index (χ1) is 9.55. The van der Waals surface area contributed by atoms with Crippen LogP contribution < -0.4 is 10.0 Å². The lowest BCUT2D eigenvalue weighted by Gasteiger charge is -2.23. The summed E-state index contributed by atoms with van der Waals surface area (Å²) in [6.45, 7) is 2.87. The third-order valence-electron chi connectivity index (χ3n) is 3.62. The Bertz CT molecular complexity index is 479. The molecule has 0 radical (unpaired) electrons. The third-order valence-corrected chi connectivity index (χ3v) is 5.15. The fourth-order valence-corrected chi connectivity index (χ4v) is 4.01.